The van der Waals surface area contributed by atoms with Crippen LogP contribution in [0.15, 0.2) is 30.6 Å². The Balaban J connectivity index is 2.23. The van der Waals surface area contributed by atoms with Gasteiger partial charge in [0.1, 0.15) is 23.8 Å². The van der Waals surface area contributed by atoms with E-state index in [-0.39, 0.29) is 5.82 Å². The second kappa shape index (κ2) is 7.02. The monoisotopic (exact) mass is 288 g/mol. The van der Waals surface area contributed by atoms with Crippen molar-refractivity contribution < 1.29 is 4.39 Å². The van der Waals surface area contributed by atoms with Gasteiger partial charge < -0.3 is 10.2 Å². The maximum absolute atomic E-state index is 13.0. The third kappa shape index (κ3) is 3.68. The molecule has 21 heavy (non-hydrogen) atoms. The first-order chi connectivity index (χ1) is 10.2. The summed E-state index contributed by atoms with van der Waals surface area (Å²) in [6.45, 7) is 5.64. The Hall–Kier alpha value is -2.17. The van der Waals surface area contributed by atoms with Gasteiger partial charge in [-0.15, -0.1) is 0 Å². The number of aromatic nitrogens is 2. The Morgan fingerprint density at radius 2 is 1.86 bits per heavy atom. The van der Waals surface area contributed by atoms with Crippen LogP contribution in [-0.2, 0) is 13.0 Å². The fourth-order valence-electron chi connectivity index (χ4n) is 2.32. The van der Waals surface area contributed by atoms with E-state index in [1.807, 2.05) is 14.0 Å². The molecule has 112 valence electrons. The highest BCUT2D eigenvalue weighted by atomic mass is 19.1. The normalized spacial score (nSPS) is 10.5. The Bertz CT molecular complexity index is 583. The van der Waals surface area contributed by atoms with E-state index in [0.717, 1.165) is 35.7 Å². The van der Waals surface area contributed by atoms with Gasteiger partial charge in [-0.3, -0.25) is 0 Å². The molecule has 0 radical (unpaired) electrons. The molecule has 0 aliphatic rings. The van der Waals surface area contributed by atoms with E-state index >= 15 is 0 Å². The van der Waals surface area contributed by atoms with E-state index in [1.54, 1.807) is 18.5 Å². The third-order valence-corrected chi connectivity index (χ3v) is 3.31. The molecule has 5 heteroatoms. The number of nitrogens with zero attached hydrogens (tertiary/aromatic N) is 3. The molecule has 0 spiro atoms. The average molecular weight is 288 g/mol. The minimum absolute atomic E-state index is 0.216. The largest absolute Gasteiger partial charge is 0.370 e. The van der Waals surface area contributed by atoms with E-state index in [2.05, 4.69) is 27.1 Å². The number of halogens is 1. The topological polar surface area (TPSA) is 41.1 Å². The summed E-state index contributed by atoms with van der Waals surface area (Å²) in [7, 11) is 1.99. The van der Waals surface area contributed by atoms with Gasteiger partial charge in [0.25, 0.3) is 0 Å². The molecule has 0 fully saturated rings. The van der Waals surface area contributed by atoms with Gasteiger partial charge in [-0.25, -0.2) is 14.4 Å². The van der Waals surface area contributed by atoms with Crippen molar-refractivity contribution in [3.8, 4) is 0 Å². The molecule has 0 unspecified atom stereocenters. The second-order valence-corrected chi connectivity index (χ2v) is 4.89. The van der Waals surface area contributed by atoms with E-state index in [1.165, 1.54) is 12.1 Å². The molecule has 0 aliphatic heterocycles. The molecule has 0 saturated heterocycles. The van der Waals surface area contributed by atoms with Crippen molar-refractivity contribution in [2.75, 3.05) is 23.8 Å². The highest BCUT2D eigenvalue weighted by Crippen LogP contribution is 2.24. The molecule has 2 aromatic rings. The van der Waals surface area contributed by atoms with E-state index in [0.29, 0.717) is 6.54 Å². The molecule has 1 aromatic carbocycles. The fourth-order valence-corrected chi connectivity index (χ4v) is 2.32. The van der Waals surface area contributed by atoms with Crippen LogP contribution in [0.2, 0.25) is 0 Å². The lowest BCUT2D eigenvalue weighted by Gasteiger charge is -2.22. The quantitative estimate of drug-likeness (QED) is 0.886. The van der Waals surface area contributed by atoms with Crippen LogP contribution < -0.4 is 10.2 Å². The van der Waals surface area contributed by atoms with Gasteiger partial charge >= 0.3 is 0 Å². The number of hydrogen-bond donors (Lipinski definition) is 1. The summed E-state index contributed by atoms with van der Waals surface area (Å²) in [5.74, 6) is 1.58. The minimum Gasteiger partial charge on any atom is -0.370 e. The van der Waals surface area contributed by atoms with Crippen molar-refractivity contribution in [3.05, 3.63) is 47.5 Å². The molecular weight excluding hydrogens is 267 g/mol. The lowest BCUT2D eigenvalue weighted by atomic mass is 10.1. The predicted molar refractivity (Wildman–Crippen MR) is 84.1 cm³/mol. The first kappa shape index (κ1) is 15.2. The molecule has 1 heterocycles. The molecule has 2 rings (SSSR count). The lowest BCUT2D eigenvalue weighted by Crippen LogP contribution is -2.20. The summed E-state index contributed by atoms with van der Waals surface area (Å²) in [6, 6.07) is 6.55. The average Bonchev–Trinajstić information content (AvgIpc) is 2.49. The predicted octanol–water partition coefficient (Wildman–Crippen LogP) is 3.25. The van der Waals surface area contributed by atoms with Crippen molar-refractivity contribution in [1.29, 1.82) is 0 Å². The Kier molecular flexibility index (Phi) is 5.09. The maximum atomic E-state index is 13.0. The van der Waals surface area contributed by atoms with Crippen LogP contribution in [0, 0.1) is 5.82 Å². The first-order valence-corrected chi connectivity index (χ1v) is 7.19. The third-order valence-electron chi connectivity index (χ3n) is 3.31. The second-order valence-electron chi connectivity index (χ2n) is 4.89. The van der Waals surface area contributed by atoms with E-state index in [4.69, 9.17) is 0 Å². The van der Waals surface area contributed by atoms with Gasteiger partial charge in [0.2, 0.25) is 0 Å². The molecule has 4 nitrogen and oxygen atoms in total. The van der Waals surface area contributed by atoms with Crippen LogP contribution in [-0.4, -0.2) is 23.6 Å². The van der Waals surface area contributed by atoms with Crippen molar-refractivity contribution in [3.63, 3.8) is 0 Å². The van der Waals surface area contributed by atoms with E-state index < -0.39 is 0 Å². The fraction of sp³-hybridized carbons (Fsp3) is 0.375. The number of hydrogen-bond acceptors (Lipinski definition) is 4. The number of benzene rings is 1. The SMILES string of the molecule is CCNc1ncnc(N(C)Cc2ccc(F)cc2)c1CC. The summed E-state index contributed by atoms with van der Waals surface area (Å²) < 4.78 is 13.0. The zero-order valence-electron chi connectivity index (χ0n) is 12.7. The van der Waals surface area contributed by atoms with Crippen LogP contribution >= 0.6 is 0 Å². The Morgan fingerprint density at radius 1 is 1.14 bits per heavy atom. The number of rotatable bonds is 6. The zero-order chi connectivity index (χ0) is 15.2. The maximum Gasteiger partial charge on any atom is 0.137 e. The van der Waals surface area contributed by atoms with Gasteiger partial charge in [-0.1, -0.05) is 19.1 Å². The van der Waals surface area contributed by atoms with Crippen LogP contribution in [0.1, 0.15) is 25.0 Å². The minimum atomic E-state index is -0.216. The standard InChI is InChI=1S/C16H21FN4/c1-4-14-15(18-5-2)19-11-20-16(14)21(3)10-12-6-8-13(17)9-7-12/h6-9,11H,4-5,10H2,1-3H3,(H,18,19,20). The van der Waals surface area contributed by atoms with Crippen molar-refractivity contribution in [2.24, 2.45) is 0 Å². The number of nitrogens with one attached hydrogen (secondary N) is 1. The smallest absolute Gasteiger partial charge is 0.137 e. The summed E-state index contributed by atoms with van der Waals surface area (Å²) in [5, 5.41) is 3.27. The summed E-state index contributed by atoms with van der Waals surface area (Å²) >= 11 is 0. The Labute approximate surface area is 125 Å². The van der Waals surface area contributed by atoms with Crippen molar-refractivity contribution in [1.82, 2.24) is 9.97 Å². The molecule has 1 aromatic heterocycles. The lowest BCUT2D eigenvalue weighted by molar-refractivity contribution is 0.627. The molecule has 0 aliphatic carbocycles. The van der Waals surface area contributed by atoms with Gasteiger partial charge in [-0.2, -0.15) is 0 Å². The van der Waals surface area contributed by atoms with Crippen LogP contribution in [0.5, 0.6) is 0 Å². The first-order valence-electron chi connectivity index (χ1n) is 7.19. The van der Waals surface area contributed by atoms with E-state index in [9.17, 15) is 4.39 Å². The molecular formula is C16H21FN4. The Morgan fingerprint density at radius 3 is 2.48 bits per heavy atom. The van der Waals surface area contributed by atoms with Gasteiger partial charge in [0, 0.05) is 25.7 Å². The van der Waals surface area contributed by atoms with Crippen LogP contribution in [0.4, 0.5) is 16.0 Å². The zero-order valence-corrected chi connectivity index (χ0v) is 12.7. The summed E-state index contributed by atoms with van der Waals surface area (Å²) in [4.78, 5) is 10.8. The van der Waals surface area contributed by atoms with Gasteiger partial charge in [-0.05, 0) is 31.0 Å². The van der Waals surface area contributed by atoms with Crippen molar-refractivity contribution in [2.45, 2.75) is 26.8 Å². The van der Waals surface area contributed by atoms with Gasteiger partial charge in [0.15, 0.2) is 0 Å². The molecule has 0 saturated carbocycles. The van der Waals surface area contributed by atoms with Crippen molar-refractivity contribution >= 4 is 11.6 Å². The summed E-state index contributed by atoms with van der Waals surface area (Å²) in [5.41, 5.74) is 2.15. The summed E-state index contributed by atoms with van der Waals surface area (Å²) in [6.07, 6.45) is 2.43. The molecule has 0 bridgehead atoms. The van der Waals surface area contributed by atoms with Gasteiger partial charge in [0.05, 0.1) is 0 Å². The molecule has 1 N–H and O–H groups in total. The molecule has 0 amide bonds. The highest BCUT2D eigenvalue weighted by Gasteiger charge is 2.13. The van der Waals surface area contributed by atoms with Crippen LogP contribution in [0.25, 0.3) is 0 Å². The van der Waals surface area contributed by atoms with Crippen LogP contribution in [0.3, 0.4) is 0 Å². The highest BCUT2D eigenvalue weighted by molar-refractivity contribution is 5.58. The molecule has 0 atom stereocenters. The number of anilines is 2.